The third-order valence-corrected chi connectivity index (χ3v) is 4.82. The van der Waals surface area contributed by atoms with E-state index in [0.717, 1.165) is 36.1 Å². The second-order valence-corrected chi connectivity index (χ2v) is 7.79. The molecule has 2 amide bonds. The van der Waals surface area contributed by atoms with Crippen LogP contribution in [0.2, 0.25) is 0 Å². The fourth-order valence-corrected chi connectivity index (χ4v) is 3.11. The molecule has 31 heavy (non-hydrogen) atoms. The molecule has 2 N–H and O–H groups in total. The van der Waals surface area contributed by atoms with Gasteiger partial charge in [-0.3, -0.25) is 4.90 Å². The van der Waals surface area contributed by atoms with Crippen LogP contribution in [0.5, 0.6) is 0 Å². The van der Waals surface area contributed by atoms with Gasteiger partial charge >= 0.3 is 12.0 Å². The lowest BCUT2D eigenvalue weighted by molar-refractivity contribution is -0.153. The zero-order chi connectivity index (χ0) is 22.8. The van der Waals surface area contributed by atoms with Gasteiger partial charge in [0.15, 0.2) is 6.10 Å². The maximum Gasteiger partial charge on any atom is 0.333 e. The van der Waals surface area contributed by atoms with Gasteiger partial charge < -0.3 is 15.2 Å². The fourth-order valence-electron chi connectivity index (χ4n) is 3.11. The molecule has 0 aliphatic carbocycles. The van der Waals surface area contributed by atoms with Crippen molar-refractivity contribution in [3.63, 3.8) is 0 Å². The average molecular weight is 428 g/mol. The van der Waals surface area contributed by atoms with Gasteiger partial charge in [-0.05, 0) is 38.0 Å². The number of carbonyl (C=O) groups excluding carboxylic acids is 1. The van der Waals surface area contributed by atoms with Crippen LogP contribution in [0.25, 0.3) is 11.3 Å². The van der Waals surface area contributed by atoms with Gasteiger partial charge in [0.1, 0.15) is 5.82 Å². The lowest BCUT2D eigenvalue weighted by Crippen LogP contribution is -2.38. The number of pyridine rings is 1. The highest BCUT2D eigenvalue weighted by Crippen LogP contribution is 2.22. The monoisotopic (exact) mass is 427 g/mol. The molecule has 1 heterocycles. The van der Waals surface area contributed by atoms with E-state index in [4.69, 9.17) is 4.74 Å². The van der Waals surface area contributed by atoms with Crippen molar-refractivity contribution in [1.29, 1.82) is 0 Å². The minimum atomic E-state index is -0.969. The van der Waals surface area contributed by atoms with Gasteiger partial charge in [-0.2, -0.15) is 0 Å². The molecule has 1 aromatic carbocycles. The summed E-state index contributed by atoms with van der Waals surface area (Å²) in [5.74, 6) is -0.408. The van der Waals surface area contributed by atoms with E-state index in [0.29, 0.717) is 18.8 Å². The highest BCUT2D eigenvalue weighted by molar-refractivity contribution is 5.90. The standard InChI is InChI=1S/C24H33N3O4/c1-5-6-7-15-25-24(30)27(4)22-10-8-9-20(26-22)19-13-11-18(12-14-19)16-21(23(28)29)31-17(2)3/h8-14,17,21H,5-7,15-16H2,1-4H3,(H,25,30)(H,28,29). The quantitative estimate of drug-likeness (QED) is 0.515. The van der Waals surface area contributed by atoms with Crippen molar-refractivity contribution in [1.82, 2.24) is 10.3 Å². The van der Waals surface area contributed by atoms with Crippen LogP contribution in [0, 0.1) is 0 Å². The number of nitrogens with one attached hydrogen (secondary N) is 1. The van der Waals surface area contributed by atoms with E-state index in [9.17, 15) is 14.7 Å². The molecule has 168 valence electrons. The molecule has 2 aromatic rings. The SMILES string of the molecule is CCCCCNC(=O)N(C)c1cccc(-c2ccc(CC(OC(C)C)C(=O)O)cc2)n1. The highest BCUT2D eigenvalue weighted by Gasteiger charge is 2.20. The lowest BCUT2D eigenvalue weighted by atomic mass is 10.0. The van der Waals surface area contributed by atoms with Crippen molar-refractivity contribution in [3.05, 3.63) is 48.0 Å². The van der Waals surface area contributed by atoms with Crippen molar-refractivity contribution in [3.8, 4) is 11.3 Å². The number of carbonyl (C=O) groups is 2. The highest BCUT2D eigenvalue weighted by atomic mass is 16.5. The van der Waals surface area contributed by atoms with Crippen LogP contribution < -0.4 is 10.2 Å². The van der Waals surface area contributed by atoms with E-state index in [1.807, 2.05) is 50.2 Å². The van der Waals surface area contributed by atoms with Crippen molar-refractivity contribution in [2.45, 2.75) is 58.7 Å². The zero-order valence-electron chi connectivity index (χ0n) is 18.8. The Morgan fingerprint density at radius 3 is 2.45 bits per heavy atom. The molecule has 7 heteroatoms. The number of unbranched alkanes of at least 4 members (excludes halogenated alkanes) is 2. The molecule has 2 rings (SSSR count). The molecule has 0 spiro atoms. The van der Waals surface area contributed by atoms with Crippen molar-refractivity contribution < 1.29 is 19.4 Å². The maximum absolute atomic E-state index is 12.3. The van der Waals surface area contributed by atoms with E-state index < -0.39 is 12.1 Å². The van der Waals surface area contributed by atoms with E-state index >= 15 is 0 Å². The van der Waals surface area contributed by atoms with Crippen LogP contribution in [-0.4, -0.2) is 47.9 Å². The van der Waals surface area contributed by atoms with Crippen LogP contribution in [0.4, 0.5) is 10.6 Å². The average Bonchev–Trinajstić information content (AvgIpc) is 2.76. The summed E-state index contributed by atoms with van der Waals surface area (Å²) in [6, 6.07) is 12.9. The molecular formula is C24H33N3O4. The molecule has 0 radical (unpaired) electrons. The molecule has 0 aliphatic rings. The number of aliphatic carboxylic acids is 1. The Balaban J connectivity index is 2.06. The summed E-state index contributed by atoms with van der Waals surface area (Å²) in [5.41, 5.74) is 2.50. The number of benzene rings is 1. The molecule has 0 saturated heterocycles. The third-order valence-electron chi connectivity index (χ3n) is 4.82. The summed E-state index contributed by atoms with van der Waals surface area (Å²) in [6.45, 7) is 6.41. The van der Waals surface area contributed by atoms with Gasteiger partial charge in [0.2, 0.25) is 0 Å². The Morgan fingerprint density at radius 2 is 1.84 bits per heavy atom. The molecule has 7 nitrogen and oxygen atoms in total. The summed E-state index contributed by atoms with van der Waals surface area (Å²) in [5, 5.41) is 12.3. The molecule has 0 fully saturated rings. The van der Waals surface area contributed by atoms with Crippen molar-refractivity contribution >= 4 is 17.8 Å². The third kappa shape index (κ3) is 7.68. The Labute approximate surface area is 184 Å². The number of nitrogens with zero attached hydrogens (tertiary/aromatic N) is 2. The Morgan fingerprint density at radius 1 is 1.13 bits per heavy atom. The topological polar surface area (TPSA) is 91.8 Å². The van der Waals surface area contributed by atoms with Gasteiger partial charge in [0, 0.05) is 25.6 Å². The smallest absolute Gasteiger partial charge is 0.333 e. The Bertz CT molecular complexity index is 852. The number of ether oxygens (including phenoxy) is 1. The van der Waals surface area contributed by atoms with Crippen LogP contribution >= 0.6 is 0 Å². The number of rotatable bonds is 11. The summed E-state index contributed by atoms with van der Waals surface area (Å²) in [7, 11) is 1.70. The van der Waals surface area contributed by atoms with Crippen LogP contribution in [0.3, 0.4) is 0 Å². The predicted molar refractivity (Wildman–Crippen MR) is 122 cm³/mol. The minimum Gasteiger partial charge on any atom is -0.479 e. The molecule has 1 unspecified atom stereocenters. The van der Waals surface area contributed by atoms with Gasteiger partial charge in [-0.25, -0.2) is 14.6 Å². The number of urea groups is 1. The first-order chi connectivity index (χ1) is 14.8. The molecule has 0 aliphatic heterocycles. The van der Waals surface area contributed by atoms with Crippen LogP contribution in [0.15, 0.2) is 42.5 Å². The van der Waals surface area contributed by atoms with E-state index in [-0.39, 0.29) is 12.1 Å². The van der Waals surface area contributed by atoms with E-state index in [1.165, 1.54) is 4.90 Å². The maximum atomic E-state index is 12.3. The first kappa shape index (κ1) is 24.3. The van der Waals surface area contributed by atoms with Crippen LogP contribution in [-0.2, 0) is 16.0 Å². The normalized spacial score (nSPS) is 11.9. The molecule has 0 bridgehead atoms. The van der Waals surface area contributed by atoms with Crippen LogP contribution in [0.1, 0.15) is 45.6 Å². The largest absolute Gasteiger partial charge is 0.479 e. The summed E-state index contributed by atoms with van der Waals surface area (Å²) < 4.78 is 5.48. The number of carboxylic acid groups (broad SMARTS) is 1. The first-order valence-electron chi connectivity index (χ1n) is 10.8. The number of amides is 2. The molecule has 0 saturated carbocycles. The van der Waals surface area contributed by atoms with Gasteiger partial charge in [0.05, 0.1) is 11.8 Å². The van der Waals surface area contributed by atoms with Gasteiger partial charge in [-0.15, -0.1) is 0 Å². The summed E-state index contributed by atoms with van der Waals surface area (Å²) >= 11 is 0. The number of aromatic nitrogens is 1. The van der Waals surface area contributed by atoms with Gasteiger partial charge in [-0.1, -0.05) is 50.1 Å². The first-order valence-corrected chi connectivity index (χ1v) is 10.8. The number of hydrogen-bond donors (Lipinski definition) is 2. The Hall–Kier alpha value is -2.93. The second-order valence-electron chi connectivity index (χ2n) is 7.79. The Kier molecular flexibility index (Phi) is 9.46. The van der Waals surface area contributed by atoms with Crippen molar-refractivity contribution in [2.75, 3.05) is 18.5 Å². The fraction of sp³-hybridized carbons (Fsp3) is 0.458. The number of anilines is 1. The predicted octanol–water partition coefficient (Wildman–Crippen LogP) is 4.51. The van der Waals surface area contributed by atoms with E-state index in [2.05, 4.69) is 17.2 Å². The minimum absolute atomic E-state index is 0.159. The summed E-state index contributed by atoms with van der Waals surface area (Å²) in [4.78, 5) is 29.9. The van der Waals surface area contributed by atoms with Gasteiger partial charge in [0.25, 0.3) is 0 Å². The molecular weight excluding hydrogens is 394 g/mol. The number of hydrogen-bond acceptors (Lipinski definition) is 4. The molecule has 1 aromatic heterocycles. The molecule has 1 atom stereocenters. The van der Waals surface area contributed by atoms with Crippen molar-refractivity contribution in [2.24, 2.45) is 0 Å². The number of carboxylic acids is 1. The second kappa shape index (κ2) is 12.1. The lowest BCUT2D eigenvalue weighted by Gasteiger charge is -2.18. The van der Waals surface area contributed by atoms with E-state index in [1.54, 1.807) is 13.1 Å². The zero-order valence-corrected chi connectivity index (χ0v) is 18.8. The summed E-state index contributed by atoms with van der Waals surface area (Å²) in [6.07, 6.45) is 2.41.